The number of hydrogen-bond donors (Lipinski definition) is 29. The smallest absolute Gasteiger partial charge is 0.259 e. The first-order valence-corrected chi connectivity index (χ1v) is 49.3. The van der Waals surface area contributed by atoms with Gasteiger partial charge in [0.15, 0.2) is 73.4 Å². The van der Waals surface area contributed by atoms with Crippen LogP contribution in [0, 0.1) is 29.1 Å². The molecule has 2 heterocycles. The maximum atomic E-state index is 15.6. The third kappa shape index (κ3) is 45.5. The van der Waals surface area contributed by atoms with Crippen LogP contribution in [-0.2, 0) is 131 Å². The Labute approximate surface area is 867 Å². The highest BCUT2D eigenvalue weighted by atomic mass is 16.2. The Balaban J connectivity index is 2.40. The summed E-state index contributed by atoms with van der Waals surface area (Å²) in [5.74, 6) is -22.3. The fourth-order valence-corrected chi connectivity index (χ4v) is 15.0. The molecule has 55 nitrogen and oxygen atoms in total. The van der Waals surface area contributed by atoms with E-state index in [0.717, 1.165) is 13.8 Å². The number of primary amides is 2. The van der Waals surface area contributed by atoms with Gasteiger partial charge in [-0.2, -0.15) is 0 Å². The first-order valence-electron chi connectivity index (χ1n) is 49.3. The van der Waals surface area contributed by atoms with Gasteiger partial charge in [0, 0.05) is 43.4 Å². The molecule has 15 amide bonds. The van der Waals surface area contributed by atoms with Crippen LogP contribution in [0.1, 0.15) is 199 Å². The molecule has 3 rings (SSSR count). The summed E-state index contributed by atoms with van der Waals surface area (Å²) in [5, 5.41) is 68.0. The third-order valence-corrected chi connectivity index (χ3v) is 24.6. The minimum Gasteiger partial charge on any atom is -0.370 e. The molecule has 0 fully saturated rings. The van der Waals surface area contributed by atoms with E-state index in [0.29, 0.717) is 60.6 Å². The van der Waals surface area contributed by atoms with Gasteiger partial charge in [0.2, 0.25) is 29.5 Å². The van der Waals surface area contributed by atoms with Crippen molar-refractivity contribution in [1.29, 1.82) is 5.41 Å². The molecule has 1 aliphatic heterocycles. The molecule has 150 heavy (non-hydrogen) atoms. The largest absolute Gasteiger partial charge is 0.370 e. The van der Waals surface area contributed by atoms with Crippen LogP contribution in [0.5, 0.6) is 0 Å². The van der Waals surface area contributed by atoms with Crippen molar-refractivity contribution in [3.63, 3.8) is 0 Å². The molecule has 0 spiro atoms. The Hall–Kier alpha value is -14.2. The van der Waals surface area contributed by atoms with Gasteiger partial charge in [-0.05, 0) is 141 Å². The second-order valence-corrected chi connectivity index (χ2v) is 37.5. The number of para-hydroxylation sites is 1. The van der Waals surface area contributed by atoms with Crippen molar-refractivity contribution >= 4 is 174 Å². The molecule has 0 radical (unpaired) electrons. The highest BCUT2D eigenvalue weighted by Crippen LogP contribution is 2.23. The topological polar surface area (TPSA) is 850 Å². The van der Waals surface area contributed by atoms with E-state index in [1.165, 1.54) is 27.7 Å². The number of nitrogens with one attached hydrogen (secondary N) is 26. The number of rotatable bonds is 67. The van der Waals surface area contributed by atoms with E-state index in [9.17, 15) is 86.3 Å². The molecule has 1 aromatic heterocycles. The van der Waals surface area contributed by atoms with Crippen LogP contribution in [0.3, 0.4) is 0 Å². The quantitative estimate of drug-likeness (QED) is 0.00730. The fourth-order valence-electron chi connectivity index (χ4n) is 15.0. The SMILES string of the molecule is CC[C@@H](C)[C@H](C=O)N[C@H](NC(C)=O)C(=O)N[C@@H](N[C@@H](C=O)Cc1c[nH]c2ccccc12)C(=O)N[C@@H](N[C@@H](C=O)[C@H](C)CC)C(=O)N[C@@H](N[C@@H](C)C=O)C(=O)N[C@@H](N[C@@H](C=O)CCC(N)=O)C(=O)N[C@@H](N[C@@H](C)C=O)C(=O)N[C@@H](N[C@@H](C=O)CC(C)C)C(=O)N[C@@H](N[C@@H](C=O)CCCNC(=N)N)C(=O)N[C@@]1(C)CCC/C=C\CCC[C@@](C)(C(C)=O)NC(=O)[C@H](N[C@@H](C=O)CC(N)=O)NC(=O)CNC(=O)[C@H](N[C@@H](C=O)[C@H](C)CC)NC1=O. The lowest BCUT2D eigenvalue weighted by Gasteiger charge is -2.35. The Morgan fingerprint density at radius 3 is 1.31 bits per heavy atom. The Kier molecular flexibility index (Phi) is 58.0. The summed E-state index contributed by atoms with van der Waals surface area (Å²) in [6, 6.07) is -7.33. The van der Waals surface area contributed by atoms with Gasteiger partial charge in [0.1, 0.15) is 68.4 Å². The van der Waals surface area contributed by atoms with Crippen LogP contribution in [0.2, 0.25) is 0 Å². The van der Waals surface area contributed by atoms with Crippen molar-refractivity contribution in [2.45, 2.75) is 333 Å². The molecule has 0 saturated carbocycles. The molecule has 55 heteroatoms. The fraction of sp³-hybridized carbons (Fsp3) is 0.611. The average Bonchev–Trinajstić information content (AvgIpc) is 1.69. The van der Waals surface area contributed by atoms with E-state index in [-0.39, 0.29) is 102 Å². The zero-order chi connectivity index (χ0) is 113. The van der Waals surface area contributed by atoms with Crippen LogP contribution < -0.4 is 145 Å². The minimum absolute atomic E-state index is 0.00337. The highest BCUT2D eigenvalue weighted by Gasteiger charge is 2.45. The van der Waals surface area contributed by atoms with Crippen molar-refractivity contribution in [2.24, 2.45) is 40.9 Å². The molecular formula is C95H151N29O26. The van der Waals surface area contributed by atoms with Gasteiger partial charge in [-0.25, -0.2) is 0 Å². The normalized spacial score (nSPS) is 20.3. The summed E-state index contributed by atoms with van der Waals surface area (Å²) in [5.41, 5.74) is 13.6. The molecule has 832 valence electrons. The van der Waals surface area contributed by atoms with Gasteiger partial charge in [-0.3, -0.25) is 135 Å². The summed E-state index contributed by atoms with van der Waals surface area (Å²) in [4.78, 5) is 362. The molecule has 1 aromatic carbocycles. The van der Waals surface area contributed by atoms with Gasteiger partial charge in [-0.15, -0.1) is 0 Å². The number of carbonyl (C=O) groups excluding carboxylic acids is 26. The number of carbonyl (C=O) groups is 26. The zero-order valence-electron chi connectivity index (χ0n) is 86.7. The number of fused-ring (bicyclic) bond motifs is 1. The molecule has 25 atom stereocenters. The second kappa shape index (κ2) is 67.0. The molecule has 0 saturated heterocycles. The summed E-state index contributed by atoms with van der Waals surface area (Å²) in [6.07, 6.45) is -15.2. The van der Waals surface area contributed by atoms with Gasteiger partial charge in [-0.1, -0.05) is 105 Å². The Morgan fingerprint density at radius 2 is 0.887 bits per heavy atom. The predicted molar refractivity (Wildman–Crippen MR) is 541 cm³/mol. The maximum Gasteiger partial charge on any atom is 0.259 e. The number of nitrogens with two attached hydrogens (primary N) is 3. The number of H-pyrrole nitrogens is 1. The van der Waals surface area contributed by atoms with E-state index < -0.39 is 289 Å². The van der Waals surface area contributed by atoms with Crippen molar-refractivity contribution < 1.29 is 125 Å². The van der Waals surface area contributed by atoms with E-state index in [1.54, 1.807) is 98.0 Å². The lowest BCUT2D eigenvalue weighted by Crippen LogP contribution is -2.71. The van der Waals surface area contributed by atoms with Crippen molar-refractivity contribution in [3.05, 3.63) is 48.2 Å². The van der Waals surface area contributed by atoms with Crippen molar-refractivity contribution in [3.8, 4) is 0 Å². The molecule has 0 bridgehead atoms. The monoisotopic (exact) mass is 2110 g/mol. The lowest BCUT2D eigenvalue weighted by atomic mass is 9.90. The first-order chi connectivity index (χ1) is 70.9. The third-order valence-electron chi connectivity index (χ3n) is 24.6. The van der Waals surface area contributed by atoms with E-state index in [4.69, 9.17) is 22.6 Å². The molecular weight excluding hydrogens is 1960 g/mol. The molecule has 1 aliphatic rings. The second-order valence-electron chi connectivity index (χ2n) is 37.5. The number of aldehydes is 10. The van der Waals surface area contributed by atoms with Crippen LogP contribution in [-0.4, -0.2) is 314 Å². The van der Waals surface area contributed by atoms with E-state index in [2.05, 4.69) is 133 Å². The number of Topliss-reactive ketones (excluding diaryl/α,β-unsaturated/α-hetero) is 1. The Morgan fingerprint density at radius 1 is 0.467 bits per heavy atom. The predicted octanol–water partition coefficient (Wildman–Crippen LogP) is -9.28. The molecule has 0 aliphatic carbocycles. The maximum absolute atomic E-state index is 15.6. The number of amides is 15. The summed E-state index contributed by atoms with van der Waals surface area (Å²) >= 11 is 0. The average molecular weight is 2120 g/mol. The van der Waals surface area contributed by atoms with Crippen LogP contribution in [0.15, 0.2) is 42.6 Å². The summed E-state index contributed by atoms with van der Waals surface area (Å²) < 4.78 is 0. The first kappa shape index (κ1) is 130. The lowest BCUT2D eigenvalue weighted by molar-refractivity contribution is -0.139. The number of aromatic nitrogens is 1. The Bertz CT molecular complexity index is 4990. The number of aromatic amines is 1. The molecule has 32 N–H and O–H groups in total. The van der Waals surface area contributed by atoms with Gasteiger partial charge < -0.3 is 145 Å². The zero-order valence-corrected chi connectivity index (χ0v) is 86.7. The number of allylic oxidation sites excluding steroid dienone is 2. The number of guanidine groups is 1. The molecule has 0 unspecified atom stereocenters. The van der Waals surface area contributed by atoms with Gasteiger partial charge >= 0.3 is 0 Å². The standard InChI is InChI=1S/C95H151N29O26/c1-15-51(6)66(47-132)111-72-82(140)102-39-71(139)114-80(110-63(46-131)37-70(97)138)90(148)123-94(13,56(11)135)32-24-20-18-19-21-25-33-95(14,92(150)122-72)124-91(149)81(106-59(42-127)27-26-34-100-93(98)99)121-88(146)77(108-61(44-129)35-50(4)5)118-84(142)73(103-54(9)40-125)115-86(144)76(107-60(43-128)30-31-69(96)137)117-83(141)74(104-55(10)41-126)116-89(147)79(113-68(49-134)53(8)17-3)120-87(145)78(109-62(45-130)36-58-38-101-65-29-23-22-28-64(58)65)119-85(143)75(105-57(12)136)112-67(48-133)52(7)16-2/h18-19,22-23,28-29,38,40-55,59-63,66-68,72-81,101,103-104,106-113H,15-17,20-21,24-27,30-37,39H2,1-14H3,(H2,96,137)(H2,97,138)(H,102,140)(H,105,136)(H,114,139)(H,115,144)(H,116,147)(H,117,141)(H,118,142)(H,119,143)(H,120,145)(H,121,146)(H,122,150)(H,123,148)(H,124,149)(H4,98,99,100)/b19-18-/t51-,52-,53-,54+,55+,59-,60-,61-,62-,63-,66+,67+,68+,72-,73-,74-,75+,76-,77-,78-,79-,80-,81-,94+,95+/m1/s1. The minimum atomic E-state index is -2.43. The van der Waals surface area contributed by atoms with Crippen LogP contribution in [0.25, 0.3) is 10.9 Å². The van der Waals surface area contributed by atoms with Gasteiger partial charge in [0.05, 0.1) is 72.5 Å². The van der Waals surface area contributed by atoms with E-state index in [1.807, 2.05) is 0 Å². The van der Waals surface area contributed by atoms with Crippen LogP contribution >= 0.6 is 0 Å². The number of ketones is 1. The number of hydrogen-bond acceptors (Lipinski definition) is 37. The summed E-state index contributed by atoms with van der Waals surface area (Å²) in [6.45, 7) is 19.2. The summed E-state index contributed by atoms with van der Waals surface area (Å²) in [7, 11) is 0. The number of benzene rings is 1. The van der Waals surface area contributed by atoms with Gasteiger partial charge in [0.25, 0.3) is 59.1 Å². The van der Waals surface area contributed by atoms with Crippen LogP contribution in [0.4, 0.5) is 0 Å². The van der Waals surface area contributed by atoms with Crippen molar-refractivity contribution in [2.75, 3.05) is 13.1 Å². The molecule has 2 aromatic rings. The highest BCUT2D eigenvalue weighted by molar-refractivity contribution is 6.02. The van der Waals surface area contributed by atoms with E-state index >= 15 is 38.4 Å². The van der Waals surface area contributed by atoms with Crippen molar-refractivity contribution in [1.82, 2.24) is 133 Å².